The smallest absolute Gasteiger partial charge is 0.277 e. The number of halogens is 1. The van der Waals surface area contributed by atoms with Crippen LogP contribution in [0.25, 0.3) is 0 Å². The van der Waals surface area contributed by atoms with Crippen LogP contribution >= 0.6 is 15.9 Å². The average Bonchev–Trinajstić information content (AvgIpc) is 2.86. The molecule has 0 bridgehead atoms. The van der Waals surface area contributed by atoms with E-state index < -0.39 is 0 Å². The molecule has 0 aliphatic rings. The lowest BCUT2D eigenvalue weighted by Gasteiger charge is -2.11. The van der Waals surface area contributed by atoms with E-state index in [-0.39, 0.29) is 12.5 Å². The Labute approximate surface area is 209 Å². The van der Waals surface area contributed by atoms with Gasteiger partial charge in [0.15, 0.2) is 6.61 Å². The lowest BCUT2D eigenvalue weighted by molar-refractivity contribution is -0.123. The van der Waals surface area contributed by atoms with Gasteiger partial charge >= 0.3 is 0 Å². The second kappa shape index (κ2) is 13.4. The van der Waals surface area contributed by atoms with E-state index in [1.807, 2.05) is 60.7 Å². The van der Waals surface area contributed by atoms with Crippen molar-refractivity contribution in [3.05, 3.63) is 87.9 Å². The second-order valence-electron chi connectivity index (χ2n) is 7.65. The maximum atomic E-state index is 12.2. The Morgan fingerprint density at radius 3 is 2.53 bits per heavy atom. The molecular weight excluding hydrogens is 496 g/mol. The molecule has 178 valence electrons. The van der Waals surface area contributed by atoms with Crippen LogP contribution in [0, 0.1) is 0 Å². The van der Waals surface area contributed by atoms with Crippen LogP contribution in [-0.2, 0) is 17.8 Å². The number of aryl methyl sites for hydroxylation is 1. The highest BCUT2D eigenvalue weighted by Gasteiger charge is 2.07. The number of hydrazone groups is 1. The fraction of sp³-hybridized carbons (Fsp3) is 0.259. The summed E-state index contributed by atoms with van der Waals surface area (Å²) in [6.07, 6.45) is 4.89. The molecule has 0 aliphatic carbocycles. The van der Waals surface area contributed by atoms with Crippen molar-refractivity contribution < 1.29 is 19.0 Å². The largest absolute Gasteiger partial charge is 0.497 e. The molecule has 0 atom stereocenters. The van der Waals surface area contributed by atoms with E-state index in [4.69, 9.17) is 14.2 Å². The predicted molar refractivity (Wildman–Crippen MR) is 138 cm³/mol. The van der Waals surface area contributed by atoms with Gasteiger partial charge < -0.3 is 14.2 Å². The van der Waals surface area contributed by atoms with E-state index in [1.165, 1.54) is 11.8 Å². The number of nitrogens with one attached hydrogen (secondary N) is 1. The zero-order valence-corrected chi connectivity index (χ0v) is 21.0. The summed E-state index contributed by atoms with van der Waals surface area (Å²) in [4.78, 5) is 12.2. The second-order valence-corrected chi connectivity index (χ2v) is 8.57. The number of carbonyl (C=O) groups is 1. The van der Waals surface area contributed by atoms with Gasteiger partial charge in [-0.15, -0.1) is 0 Å². The summed E-state index contributed by atoms with van der Waals surface area (Å²) < 4.78 is 17.8. The number of hydrogen-bond donors (Lipinski definition) is 1. The van der Waals surface area contributed by atoms with E-state index in [0.29, 0.717) is 29.4 Å². The van der Waals surface area contributed by atoms with Gasteiger partial charge in [0.2, 0.25) is 0 Å². The summed E-state index contributed by atoms with van der Waals surface area (Å²) in [5.74, 6) is 1.58. The van der Waals surface area contributed by atoms with Crippen LogP contribution in [0.15, 0.2) is 76.3 Å². The standard InChI is InChI=1S/C27H29BrN2O4/c1-3-4-6-20-9-11-24(12-10-20)33-19-27(31)30-29-17-22-16-25(32-2)13-14-26(22)34-18-21-7-5-8-23(28)15-21/h5,7-17H,3-4,6,18-19H2,1-2H3,(H,30,31)/b29-17-. The summed E-state index contributed by atoms with van der Waals surface area (Å²) in [6, 6.07) is 21.1. The molecule has 1 N–H and O–H groups in total. The molecular formula is C27H29BrN2O4. The van der Waals surface area contributed by atoms with Crippen LogP contribution in [0.1, 0.15) is 36.5 Å². The van der Waals surface area contributed by atoms with Gasteiger partial charge in [0.05, 0.1) is 13.3 Å². The van der Waals surface area contributed by atoms with Crippen molar-refractivity contribution in [2.24, 2.45) is 5.10 Å². The SMILES string of the molecule is CCCCc1ccc(OCC(=O)N/N=C\c2cc(OC)ccc2OCc2cccc(Br)c2)cc1. The van der Waals surface area contributed by atoms with E-state index in [0.717, 1.165) is 29.3 Å². The van der Waals surface area contributed by atoms with E-state index >= 15 is 0 Å². The molecule has 3 rings (SSSR count). The van der Waals surface area contributed by atoms with Crippen molar-refractivity contribution in [3.63, 3.8) is 0 Å². The number of unbranched alkanes of at least 4 members (excludes halogenated alkanes) is 1. The molecule has 0 saturated carbocycles. The first-order valence-electron chi connectivity index (χ1n) is 11.2. The summed E-state index contributed by atoms with van der Waals surface area (Å²) in [6.45, 7) is 2.44. The molecule has 0 fully saturated rings. The highest BCUT2D eigenvalue weighted by molar-refractivity contribution is 9.10. The number of amides is 1. The normalized spacial score (nSPS) is 10.8. The zero-order chi connectivity index (χ0) is 24.2. The molecule has 0 aromatic heterocycles. The first-order chi connectivity index (χ1) is 16.6. The minimum Gasteiger partial charge on any atom is -0.497 e. The van der Waals surface area contributed by atoms with Crippen LogP contribution in [-0.4, -0.2) is 25.8 Å². The zero-order valence-electron chi connectivity index (χ0n) is 19.4. The number of ether oxygens (including phenoxy) is 3. The van der Waals surface area contributed by atoms with Crippen LogP contribution < -0.4 is 19.6 Å². The molecule has 6 nitrogen and oxygen atoms in total. The molecule has 0 spiro atoms. The van der Waals surface area contributed by atoms with E-state index in [9.17, 15) is 4.79 Å². The lowest BCUT2D eigenvalue weighted by atomic mass is 10.1. The van der Waals surface area contributed by atoms with Gasteiger partial charge in [-0.05, 0) is 66.4 Å². The lowest BCUT2D eigenvalue weighted by Crippen LogP contribution is -2.24. The Morgan fingerprint density at radius 2 is 1.79 bits per heavy atom. The van der Waals surface area contributed by atoms with Gasteiger partial charge in [0.25, 0.3) is 5.91 Å². The third kappa shape index (κ3) is 8.23. The first kappa shape index (κ1) is 25.3. The van der Waals surface area contributed by atoms with Crippen LogP contribution in [0.5, 0.6) is 17.2 Å². The third-order valence-corrected chi connectivity index (χ3v) is 5.50. The fourth-order valence-corrected chi connectivity index (χ4v) is 3.61. The predicted octanol–water partition coefficient (Wildman–Crippen LogP) is 5.91. The Hall–Kier alpha value is -3.32. The minimum atomic E-state index is -0.356. The molecule has 3 aromatic rings. The molecule has 0 radical (unpaired) electrons. The number of nitrogens with zero attached hydrogens (tertiary/aromatic N) is 1. The van der Waals surface area contributed by atoms with Crippen molar-refractivity contribution in [1.82, 2.24) is 5.43 Å². The molecule has 0 aliphatic heterocycles. The number of carbonyl (C=O) groups excluding carboxylic acids is 1. The molecule has 0 heterocycles. The molecule has 34 heavy (non-hydrogen) atoms. The highest BCUT2D eigenvalue weighted by Crippen LogP contribution is 2.24. The summed E-state index contributed by atoms with van der Waals surface area (Å²) in [7, 11) is 1.59. The Balaban J connectivity index is 1.54. The fourth-order valence-electron chi connectivity index (χ4n) is 3.16. The molecule has 7 heteroatoms. The number of methoxy groups -OCH3 is 1. The van der Waals surface area contributed by atoms with Gasteiger partial charge in [0, 0.05) is 10.0 Å². The van der Waals surface area contributed by atoms with E-state index in [2.05, 4.69) is 33.4 Å². The van der Waals surface area contributed by atoms with Crippen molar-refractivity contribution in [1.29, 1.82) is 0 Å². The molecule has 1 amide bonds. The van der Waals surface area contributed by atoms with Gasteiger partial charge in [-0.2, -0.15) is 5.10 Å². The third-order valence-electron chi connectivity index (χ3n) is 5.01. The van der Waals surface area contributed by atoms with Crippen molar-refractivity contribution in [2.45, 2.75) is 32.8 Å². The van der Waals surface area contributed by atoms with Crippen molar-refractivity contribution in [2.75, 3.05) is 13.7 Å². The van der Waals surface area contributed by atoms with Crippen molar-refractivity contribution >= 4 is 28.1 Å². The summed E-state index contributed by atoms with van der Waals surface area (Å²) >= 11 is 3.47. The maximum Gasteiger partial charge on any atom is 0.277 e. The Morgan fingerprint density at radius 1 is 1.00 bits per heavy atom. The quantitative estimate of drug-likeness (QED) is 0.236. The van der Waals surface area contributed by atoms with Crippen LogP contribution in [0.4, 0.5) is 0 Å². The molecule has 3 aromatic carbocycles. The summed E-state index contributed by atoms with van der Waals surface area (Å²) in [5.41, 5.74) is 5.46. The Bertz CT molecular complexity index is 1100. The van der Waals surface area contributed by atoms with Crippen LogP contribution in [0.3, 0.4) is 0 Å². The number of rotatable bonds is 12. The van der Waals surface area contributed by atoms with Gasteiger partial charge in [0.1, 0.15) is 23.9 Å². The topological polar surface area (TPSA) is 69.2 Å². The summed E-state index contributed by atoms with van der Waals surface area (Å²) in [5, 5.41) is 4.06. The highest BCUT2D eigenvalue weighted by atomic mass is 79.9. The van der Waals surface area contributed by atoms with E-state index in [1.54, 1.807) is 13.2 Å². The monoisotopic (exact) mass is 524 g/mol. The minimum absolute atomic E-state index is 0.129. The van der Waals surface area contributed by atoms with Crippen molar-refractivity contribution in [3.8, 4) is 17.2 Å². The Kier molecular flexibility index (Phi) is 9.98. The first-order valence-corrected chi connectivity index (χ1v) is 12.0. The van der Waals surface area contributed by atoms with Crippen LogP contribution in [0.2, 0.25) is 0 Å². The number of benzene rings is 3. The number of hydrogen-bond acceptors (Lipinski definition) is 5. The molecule has 0 unspecified atom stereocenters. The van der Waals surface area contributed by atoms with Gasteiger partial charge in [-0.25, -0.2) is 5.43 Å². The van der Waals surface area contributed by atoms with Gasteiger partial charge in [-0.3, -0.25) is 4.79 Å². The molecule has 0 saturated heterocycles. The maximum absolute atomic E-state index is 12.2. The average molecular weight is 525 g/mol. The van der Waals surface area contributed by atoms with Gasteiger partial charge in [-0.1, -0.05) is 53.5 Å².